The molecule has 0 bridgehead atoms. The molecule has 0 aliphatic carbocycles. The SMILES string of the molecule is [2H]C([2H])(CN1C([2H])([2H])C([2H])([2H])C([2H])(N(C(=O)Cn2c(SCc3cccc(F)c3F)cc(=O)c3ccccc32)C([2H])(C)c2ccc(-c3ccc(C(F)(F)F)cc3)cc2)C([2H])([2H])C1([2H])[2H])OC.[2H]c1c([2H])c(F)c(F)c(CSc2c([2H])c(=O)c3c([2H])c([2H])c([2H])c([2H])c3n2CC(=O)N(C([2H])([2H])c2c([2H])c([2H])c(-c3c([2H])c([2H])c(C(F)(F)F)c([2H])c3[2H])c([2H])c2C)C2([2H])C([2H])([2H])C([2H])([2H])N(CC([2H])([2H])OC)C([2H])([2H])C2([2H])[2H])c1[2H]. The van der Waals surface area contributed by atoms with E-state index in [1.54, 1.807) is 0 Å². The number of thioether (sulfide) groups is 2. The van der Waals surface area contributed by atoms with Crippen molar-refractivity contribution in [3.05, 3.63) is 270 Å². The number of pyridine rings is 2. The van der Waals surface area contributed by atoms with E-state index in [1.807, 2.05) is 0 Å². The van der Waals surface area contributed by atoms with Crippen LogP contribution in [0.4, 0.5) is 43.9 Å². The fourth-order valence-corrected chi connectivity index (χ4v) is 12.0. The number of rotatable bonds is 24. The third-order valence-corrected chi connectivity index (χ3v) is 17.4. The second-order valence-corrected chi connectivity index (χ2v) is 24.1. The highest BCUT2D eigenvalue weighted by atomic mass is 32.2. The molecule has 10 aromatic rings. The molecule has 8 aromatic carbocycles. The number of carbonyl (C=O) groups excluding carboxylic acids is 2. The Morgan fingerprint density at radius 1 is 0.585 bits per heavy atom. The summed E-state index contributed by atoms with van der Waals surface area (Å²) in [6, 6.07) is -14.1. The second-order valence-electron chi connectivity index (χ2n) is 22.1. The van der Waals surface area contributed by atoms with Crippen molar-refractivity contribution < 1.29 is 118 Å². The summed E-state index contributed by atoms with van der Waals surface area (Å²) in [5, 5.41) is -2.33. The van der Waals surface area contributed by atoms with Crippen LogP contribution in [0.25, 0.3) is 44.1 Å². The van der Waals surface area contributed by atoms with Gasteiger partial charge >= 0.3 is 12.4 Å². The fraction of sp³-hybridized carbons (Fsp3) is 0.317. The molecule has 2 aliphatic rings. The topological polar surface area (TPSA) is 110 Å². The van der Waals surface area contributed by atoms with Gasteiger partial charge in [-0.1, -0.05) is 115 Å². The summed E-state index contributed by atoms with van der Waals surface area (Å²) in [6.07, 6.45) is -27.7. The predicted octanol–water partition coefficient (Wildman–Crippen LogP) is 17.7. The summed E-state index contributed by atoms with van der Waals surface area (Å²) in [4.78, 5) is 57.2. The standard InChI is InChI=1S/2C41H40F5N3O3S/c1-27(28-10-12-29(13-11-28)30-14-16-32(17-15-30)41(44,45)46)49(33-18-20-47(21-19-33)22-23-52-2)38(51)25-48-36-9-4-3-7-34(36)37(50)24-39(48)53-26-31-6-5-8-35(42)40(31)43;1-27-22-29(28-12-14-32(15-13-28)41(44,45)46)10-11-30(27)24-48(33-16-18-47(19-17-33)20-21-52-2)38(51)25-49-36-9-4-3-7-34(36)37(50)23-39(49)53-26-31-6-5-8-35(42)40(31)43/h3-17,24,27,33H,18-23,25-26H2,1-2H3;3-15,22-23,33H,16-21,24-26H2,1-2H3/i18D2,19D2,20D2,21D2,23D2,27D,33D;3D,4D,5D,6D,7D,8D,9D,10D,11D,12D,13D,14D,15D,16D2,17D2,18D2,19D2,21D2,22D,23D,24D2,33D. The largest absolute Gasteiger partial charge is 0.416 e. The number of hydrogen-bond acceptors (Lipinski definition) is 10. The maximum absolute atomic E-state index is 15.8. The van der Waals surface area contributed by atoms with Gasteiger partial charge in [0.15, 0.2) is 34.1 Å². The fourth-order valence-electron chi connectivity index (χ4n) is 9.99. The van der Waals surface area contributed by atoms with E-state index < -0.39 is 335 Å². The molecule has 2 fully saturated rings. The minimum absolute atomic E-state index is 0.0141. The average Bonchev–Trinajstić information content (AvgIpc) is 0.659. The Labute approximate surface area is 672 Å². The zero-order chi connectivity index (χ0) is 111. The average molecular weight is 1540 g/mol. The van der Waals surface area contributed by atoms with E-state index in [0.717, 1.165) is 54.6 Å². The van der Waals surface area contributed by atoms with Gasteiger partial charge in [0.2, 0.25) is 11.8 Å². The molecule has 556 valence electrons. The van der Waals surface area contributed by atoms with Gasteiger partial charge in [-0.05, 0) is 139 Å². The Morgan fingerprint density at radius 3 is 1.81 bits per heavy atom. The first-order chi connectivity index (χ1) is 66.4. The molecule has 2 aromatic heterocycles. The van der Waals surface area contributed by atoms with Crippen molar-refractivity contribution in [1.82, 2.24) is 28.7 Å². The second kappa shape index (κ2) is 35.1. The molecule has 1 unspecified atom stereocenters. The number of benzene rings is 8. The lowest BCUT2D eigenvalue weighted by molar-refractivity contribution is -0.138. The van der Waals surface area contributed by atoms with Gasteiger partial charge in [0.05, 0.1) is 84.2 Å². The molecule has 0 N–H and O–H groups in total. The minimum atomic E-state index is -5.54. The van der Waals surface area contributed by atoms with Gasteiger partial charge in [-0.2, -0.15) is 26.3 Å². The van der Waals surface area contributed by atoms with Crippen molar-refractivity contribution in [3.63, 3.8) is 0 Å². The van der Waals surface area contributed by atoms with Gasteiger partial charge in [-0.25, -0.2) is 17.6 Å². The molecule has 2 saturated heterocycles. The molecule has 1 atom stereocenters. The van der Waals surface area contributed by atoms with Crippen molar-refractivity contribution >= 4 is 57.1 Å². The van der Waals surface area contributed by atoms with E-state index in [-0.39, 0.29) is 70.1 Å². The highest BCUT2D eigenvalue weighted by Gasteiger charge is 2.35. The number of ether oxygens (including phenoxy) is 2. The van der Waals surface area contributed by atoms with Crippen LogP contribution in [-0.2, 0) is 62.5 Å². The predicted molar refractivity (Wildman–Crippen MR) is 395 cm³/mol. The molecule has 2 amide bonds. The van der Waals surface area contributed by atoms with Crippen molar-refractivity contribution in [2.24, 2.45) is 0 Å². The van der Waals surface area contributed by atoms with Crippen molar-refractivity contribution in [2.75, 3.05) is 66.4 Å². The summed E-state index contributed by atoms with van der Waals surface area (Å²) in [5.74, 6) is -11.7. The third-order valence-electron chi connectivity index (χ3n) is 15.3. The molecular weight excluding hydrogens is 1420 g/mol. The number of piperidine rings is 2. The first-order valence-electron chi connectivity index (χ1n) is 50.7. The summed E-state index contributed by atoms with van der Waals surface area (Å²) < 4.78 is 507. The van der Waals surface area contributed by atoms with Gasteiger partial charge in [0.25, 0.3) is 0 Å². The Hall–Kier alpha value is -9.04. The number of alkyl halides is 6. The molecule has 0 spiro atoms. The van der Waals surface area contributed by atoms with Crippen LogP contribution in [-0.4, -0.2) is 119 Å². The molecule has 106 heavy (non-hydrogen) atoms. The van der Waals surface area contributed by atoms with E-state index >= 15 is 14.0 Å². The number of nitrogens with zero attached hydrogens (tertiary/aromatic N) is 6. The van der Waals surface area contributed by atoms with Gasteiger partial charge in [0.1, 0.15) is 13.1 Å². The molecule has 4 heterocycles. The molecule has 2 aliphatic heterocycles. The van der Waals surface area contributed by atoms with E-state index in [0.29, 0.717) is 14.0 Å². The normalized spacial score (nSPS) is 25.0. The number of carbonyl (C=O) groups is 2. The van der Waals surface area contributed by atoms with Crippen LogP contribution < -0.4 is 10.9 Å². The number of methoxy groups -OCH3 is 2. The summed E-state index contributed by atoms with van der Waals surface area (Å²) in [5.41, 5.74) is -12.6. The lowest BCUT2D eigenvalue weighted by Crippen LogP contribution is -2.49. The maximum Gasteiger partial charge on any atom is 0.416 e. The zero-order valence-electron chi connectivity index (χ0n) is 95.2. The molecule has 0 saturated carbocycles. The highest BCUT2D eigenvalue weighted by Crippen LogP contribution is 2.37. The van der Waals surface area contributed by atoms with Crippen LogP contribution >= 0.6 is 23.5 Å². The number of amides is 2. The highest BCUT2D eigenvalue weighted by molar-refractivity contribution is 7.98. The zero-order valence-corrected chi connectivity index (χ0v) is 56.8. The Kier molecular flexibility index (Phi) is 13.7. The van der Waals surface area contributed by atoms with Crippen LogP contribution in [0, 0.1) is 30.2 Å². The van der Waals surface area contributed by atoms with Crippen LogP contribution in [0.2, 0.25) is 0 Å². The molecule has 24 heteroatoms. The maximum atomic E-state index is 15.8. The van der Waals surface area contributed by atoms with Crippen molar-refractivity contribution in [2.45, 2.75) is 111 Å². The Balaban J connectivity index is 0.000000284. The minimum Gasteiger partial charge on any atom is -0.383 e. The lowest BCUT2D eigenvalue weighted by Gasteiger charge is -2.42. The monoisotopic (exact) mass is 1540 g/mol. The molecule has 12 nitrogen and oxygen atoms in total. The van der Waals surface area contributed by atoms with Gasteiger partial charge in [-0.15, -0.1) is 23.5 Å². The van der Waals surface area contributed by atoms with Crippen LogP contribution in [0.15, 0.2) is 207 Å². The number of aromatic nitrogens is 2. The summed E-state index contributed by atoms with van der Waals surface area (Å²) >= 11 is 0.724. The number of hydrogen-bond donors (Lipinski definition) is 0. The third kappa shape index (κ3) is 19.0. The summed E-state index contributed by atoms with van der Waals surface area (Å²) in [7, 11) is 1.53. The number of fused-ring (bicyclic) bond motifs is 2. The Morgan fingerprint density at radius 2 is 1.16 bits per heavy atom. The number of para-hydroxylation sites is 2. The first-order valence-corrected chi connectivity index (χ1v) is 32.7. The van der Waals surface area contributed by atoms with Gasteiger partial charge in [-0.3, -0.25) is 19.2 Å². The van der Waals surface area contributed by atoms with E-state index in [4.69, 9.17) is 41.7 Å². The molecular formula is C82H80F10N6O6S2. The van der Waals surface area contributed by atoms with Gasteiger partial charge < -0.3 is 38.2 Å². The van der Waals surface area contributed by atoms with Crippen molar-refractivity contribution in [1.29, 1.82) is 0 Å². The van der Waals surface area contributed by atoms with Crippen LogP contribution in [0.1, 0.15) is 132 Å². The van der Waals surface area contributed by atoms with E-state index in [1.165, 1.54) is 72.8 Å². The van der Waals surface area contributed by atoms with E-state index in [2.05, 4.69) is 4.74 Å². The Bertz CT molecular complexity index is 6930. The van der Waals surface area contributed by atoms with Gasteiger partial charge in [0, 0.05) is 139 Å². The first kappa shape index (κ1) is 41.3. The number of halogens is 10. The molecule has 12 rings (SSSR count). The van der Waals surface area contributed by atoms with Crippen LogP contribution in [0.5, 0.6) is 0 Å². The van der Waals surface area contributed by atoms with Crippen LogP contribution in [0.3, 0.4) is 0 Å². The van der Waals surface area contributed by atoms with Crippen molar-refractivity contribution in [3.8, 4) is 22.3 Å². The smallest absolute Gasteiger partial charge is 0.383 e. The lowest BCUT2D eigenvalue weighted by atomic mass is 9.96. The van der Waals surface area contributed by atoms with E-state index in [9.17, 15) is 66.9 Å². The number of likely N-dealkylation sites (tertiary alicyclic amines) is 2. The molecule has 0 radical (unpaired) electrons. The quantitative estimate of drug-likeness (QED) is 0.0428. The summed E-state index contributed by atoms with van der Waals surface area (Å²) in [6.45, 7) is -31.9.